The molecule has 0 N–H and O–H groups in total. The predicted octanol–water partition coefficient (Wildman–Crippen LogP) is 7.64. The third kappa shape index (κ3) is 13.4. The molecule has 0 unspecified atom stereocenters. The Balaban J connectivity index is 1.88. The van der Waals surface area contributed by atoms with Gasteiger partial charge in [-0.15, -0.1) is 0 Å². The van der Waals surface area contributed by atoms with Crippen LogP contribution in [0, 0.1) is 0 Å². The van der Waals surface area contributed by atoms with E-state index in [0.29, 0.717) is 0 Å². The third-order valence-corrected chi connectivity index (χ3v) is 5.56. The van der Waals surface area contributed by atoms with Crippen molar-refractivity contribution in [2.75, 3.05) is 19.6 Å². The Labute approximate surface area is 164 Å². The number of rotatable bonds is 18. The highest BCUT2D eigenvalue weighted by Crippen LogP contribution is 2.11. The molecule has 0 amide bonds. The highest BCUT2D eigenvalue weighted by Gasteiger charge is 2.02. The minimum Gasteiger partial charge on any atom is -0.304 e. The van der Waals surface area contributed by atoms with E-state index in [1.807, 2.05) is 0 Å². The molecule has 0 aliphatic rings. The molecule has 0 bridgehead atoms. The first kappa shape index (κ1) is 23.2. The lowest BCUT2D eigenvalue weighted by molar-refractivity contribution is 0.273. The molecule has 1 nitrogen and oxygen atoms in total. The van der Waals surface area contributed by atoms with E-state index >= 15 is 0 Å². The van der Waals surface area contributed by atoms with E-state index in [1.54, 1.807) is 0 Å². The highest BCUT2D eigenvalue weighted by molar-refractivity contribution is 5.14. The number of hydrogen-bond acceptors (Lipinski definition) is 1. The molecule has 0 aliphatic heterocycles. The fourth-order valence-electron chi connectivity index (χ4n) is 3.74. The van der Waals surface area contributed by atoms with E-state index in [9.17, 15) is 0 Å². The molecule has 0 saturated heterocycles. The summed E-state index contributed by atoms with van der Waals surface area (Å²) in [5, 5.41) is 0. The zero-order chi connectivity index (χ0) is 18.7. The van der Waals surface area contributed by atoms with Crippen LogP contribution in [0.4, 0.5) is 0 Å². The quantitative estimate of drug-likeness (QED) is 0.243. The molecule has 150 valence electrons. The van der Waals surface area contributed by atoms with Crippen molar-refractivity contribution in [2.45, 2.75) is 104 Å². The van der Waals surface area contributed by atoms with Gasteiger partial charge < -0.3 is 4.90 Å². The molecule has 0 aromatic heterocycles. The zero-order valence-electron chi connectivity index (χ0n) is 17.9. The number of unbranched alkanes of at least 4 members (excludes halogenated alkanes) is 11. The Morgan fingerprint density at radius 2 is 1.08 bits per heavy atom. The molecule has 1 heteroatoms. The predicted molar refractivity (Wildman–Crippen MR) is 118 cm³/mol. The minimum absolute atomic E-state index is 1.22. The van der Waals surface area contributed by atoms with Gasteiger partial charge in [0.05, 0.1) is 0 Å². The van der Waals surface area contributed by atoms with Crippen molar-refractivity contribution in [1.29, 1.82) is 0 Å². The Bertz CT molecular complexity index is 386. The summed E-state index contributed by atoms with van der Waals surface area (Å²) in [7, 11) is 0. The van der Waals surface area contributed by atoms with Crippen LogP contribution in [-0.4, -0.2) is 24.5 Å². The van der Waals surface area contributed by atoms with E-state index in [2.05, 4.69) is 49.1 Å². The molecule has 0 spiro atoms. The van der Waals surface area contributed by atoms with Crippen molar-refractivity contribution in [3.8, 4) is 0 Å². The standard InChI is InChI=1S/C25H45N/c1-3-5-6-7-8-9-10-11-12-18-23-26(4-2)24-19-14-17-22-25-20-15-13-16-21-25/h13,15-16,20-21H,3-12,14,17-19,22-24H2,1-2H3. The fraction of sp³-hybridized carbons (Fsp3) is 0.760. The van der Waals surface area contributed by atoms with Gasteiger partial charge in [0.25, 0.3) is 0 Å². The van der Waals surface area contributed by atoms with Crippen LogP contribution in [0.2, 0.25) is 0 Å². The molecule has 0 atom stereocenters. The van der Waals surface area contributed by atoms with E-state index in [0.717, 1.165) is 0 Å². The first-order valence-corrected chi connectivity index (χ1v) is 11.6. The lowest BCUT2D eigenvalue weighted by Gasteiger charge is -2.20. The van der Waals surface area contributed by atoms with Gasteiger partial charge in [-0.25, -0.2) is 0 Å². The topological polar surface area (TPSA) is 3.24 Å². The molecule has 0 saturated carbocycles. The van der Waals surface area contributed by atoms with Gasteiger partial charge in [0.2, 0.25) is 0 Å². The lowest BCUT2D eigenvalue weighted by atomic mass is 10.1. The van der Waals surface area contributed by atoms with Crippen LogP contribution in [0.5, 0.6) is 0 Å². The molecule has 0 heterocycles. The van der Waals surface area contributed by atoms with Crippen LogP contribution in [0.25, 0.3) is 0 Å². The van der Waals surface area contributed by atoms with Crippen LogP contribution in [0.15, 0.2) is 30.3 Å². The maximum absolute atomic E-state index is 2.66. The largest absolute Gasteiger partial charge is 0.304 e. The minimum atomic E-state index is 1.22. The van der Waals surface area contributed by atoms with Crippen LogP contribution in [0.3, 0.4) is 0 Å². The number of hydrogen-bond donors (Lipinski definition) is 0. The summed E-state index contributed by atoms with van der Waals surface area (Å²) in [6, 6.07) is 10.9. The third-order valence-electron chi connectivity index (χ3n) is 5.56. The number of benzene rings is 1. The Morgan fingerprint density at radius 1 is 0.577 bits per heavy atom. The van der Waals surface area contributed by atoms with Crippen LogP contribution in [0.1, 0.15) is 103 Å². The number of aryl methyl sites for hydroxylation is 1. The molecule has 0 fully saturated rings. The maximum atomic E-state index is 2.66. The summed E-state index contributed by atoms with van der Waals surface area (Å²) in [6.45, 7) is 8.44. The lowest BCUT2D eigenvalue weighted by Crippen LogP contribution is -2.25. The normalized spacial score (nSPS) is 11.3. The SMILES string of the molecule is CCCCCCCCCCCCN(CC)CCCCCc1ccccc1. The van der Waals surface area contributed by atoms with Crippen molar-refractivity contribution >= 4 is 0 Å². The van der Waals surface area contributed by atoms with Gasteiger partial charge in [-0.05, 0) is 50.9 Å². The Kier molecular flexibility index (Phi) is 15.7. The Morgan fingerprint density at radius 3 is 1.62 bits per heavy atom. The molecule has 1 rings (SSSR count). The van der Waals surface area contributed by atoms with Crippen molar-refractivity contribution in [1.82, 2.24) is 4.90 Å². The molecule has 26 heavy (non-hydrogen) atoms. The summed E-state index contributed by atoms with van der Waals surface area (Å²) in [4.78, 5) is 2.66. The van der Waals surface area contributed by atoms with Crippen LogP contribution >= 0.6 is 0 Å². The molecular weight excluding hydrogens is 314 g/mol. The highest BCUT2D eigenvalue weighted by atomic mass is 15.1. The van der Waals surface area contributed by atoms with Crippen molar-refractivity contribution < 1.29 is 0 Å². The van der Waals surface area contributed by atoms with Crippen molar-refractivity contribution in [2.24, 2.45) is 0 Å². The monoisotopic (exact) mass is 359 g/mol. The van der Waals surface area contributed by atoms with E-state index in [4.69, 9.17) is 0 Å². The number of nitrogens with zero attached hydrogens (tertiary/aromatic N) is 1. The Hall–Kier alpha value is -0.820. The van der Waals surface area contributed by atoms with Gasteiger partial charge in [0, 0.05) is 0 Å². The average Bonchev–Trinajstić information content (AvgIpc) is 2.68. The molecule has 0 aliphatic carbocycles. The maximum Gasteiger partial charge on any atom is -0.00189 e. The molecule has 1 aromatic carbocycles. The van der Waals surface area contributed by atoms with Gasteiger partial charge in [0.1, 0.15) is 0 Å². The van der Waals surface area contributed by atoms with Crippen LogP contribution in [-0.2, 0) is 6.42 Å². The van der Waals surface area contributed by atoms with E-state index in [1.165, 1.54) is 115 Å². The second-order valence-electron chi connectivity index (χ2n) is 7.91. The van der Waals surface area contributed by atoms with Gasteiger partial charge in [-0.1, -0.05) is 108 Å². The molecule has 0 radical (unpaired) electrons. The van der Waals surface area contributed by atoms with Crippen molar-refractivity contribution in [3.63, 3.8) is 0 Å². The van der Waals surface area contributed by atoms with Crippen molar-refractivity contribution in [3.05, 3.63) is 35.9 Å². The van der Waals surface area contributed by atoms with E-state index < -0.39 is 0 Å². The second kappa shape index (κ2) is 17.6. The second-order valence-corrected chi connectivity index (χ2v) is 7.91. The first-order chi connectivity index (χ1) is 12.9. The summed E-state index contributed by atoms with van der Waals surface area (Å²) < 4.78 is 0. The molecule has 1 aromatic rings. The fourth-order valence-corrected chi connectivity index (χ4v) is 3.74. The van der Waals surface area contributed by atoms with Gasteiger partial charge in [-0.3, -0.25) is 0 Å². The zero-order valence-corrected chi connectivity index (χ0v) is 17.9. The molecular formula is C25H45N. The smallest absolute Gasteiger partial charge is 0.00189 e. The summed E-state index contributed by atoms with van der Waals surface area (Å²) >= 11 is 0. The average molecular weight is 360 g/mol. The first-order valence-electron chi connectivity index (χ1n) is 11.6. The van der Waals surface area contributed by atoms with Gasteiger partial charge in [0.15, 0.2) is 0 Å². The van der Waals surface area contributed by atoms with Gasteiger partial charge >= 0.3 is 0 Å². The van der Waals surface area contributed by atoms with Crippen LogP contribution < -0.4 is 0 Å². The summed E-state index contributed by atoms with van der Waals surface area (Å²) in [5.41, 5.74) is 1.49. The summed E-state index contributed by atoms with van der Waals surface area (Å²) in [5.74, 6) is 0. The summed E-state index contributed by atoms with van der Waals surface area (Å²) in [6.07, 6.45) is 19.7. The van der Waals surface area contributed by atoms with Gasteiger partial charge in [-0.2, -0.15) is 0 Å². The van der Waals surface area contributed by atoms with E-state index in [-0.39, 0.29) is 0 Å².